The second-order valence-corrected chi connectivity index (χ2v) is 7.67. The Morgan fingerprint density at radius 3 is 2.75 bits per heavy atom. The van der Waals surface area contributed by atoms with Crippen molar-refractivity contribution in [2.75, 3.05) is 12.4 Å². The summed E-state index contributed by atoms with van der Waals surface area (Å²) >= 11 is 0. The van der Waals surface area contributed by atoms with Crippen molar-refractivity contribution in [2.24, 2.45) is 0 Å². The summed E-state index contributed by atoms with van der Waals surface area (Å²) in [5.41, 5.74) is 3.38. The van der Waals surface area contributed by atoms with Gasteiger partial charge >= 0.3 is 0 Å². The zero-order chi connectivity index (χ0) is 22.2. The van der Waals surface area contributed by atoms with Crippen molar-refractivity contribution in [1.82, 2.24) is 19.9 Å². The SMILES string of the molecule is COc1ccc(-n2cc(C(=O)Nc3cc(-c4noc([C@H]5C[C@@H]5F)n4)ccc3C)cn2)cc1. The third-order valence-corrected chi connectivity index (χ3v) is 5.40. The maximum atomic E-state index is 13.3. The molecule has 1 amide bonds. The Bertz CT molecular complexity index is 1280. The summed E-state index contributed by atoms with van der Waals surface area (Å²) in [7, 11) is 1.60. The van der Waals surface area contributed by atoms with Crippen molar-refractivity contribution in [1.29, 1.82) is 0 Å². The van der Waals surface area contributed by atoms with E-state index in [1.807, 2.05) is 43.3 Å². The van der Waals surface area contributed by atoms with Crippen molar-refractivity contribution >= 4 is 11.6 Å². The van der Waals surface area contributed by atoms with Crippen LogP contribution in [0.5, 0.6) is 5.75 Å². The van der Waals surface area contributed by atoms with Crippen molar-refractivity contribution in [3.8, 4) is 22.8 Å². The molecule has 1 saturated carbocycles. The number of nitrogens with zero attached hydrogens (tertiary/aromatic N) is 4. The average molecular weight is 433 g/mol. The molecule has 0 unspecified atom stereocenters. The lowest BCUT2D eigenvalue weighted by Gasteiger charge is -2.08. The molecule has 8 nitrogen and oxygen atoms in total. The van der Waals surface area contributed by atoms with Gasteiger partial charge in [-0.2, -0.15) is 10.1 Å². The van der Waals surface area contributed by atoms with Gasteiger partial charge in [0, 0.05) is 17.4 Å². The number of ether oxygens (including phenoxy) is 1. The molecule has 1 aliphatic rings. The number of aryl methyl sites for hydroxylation is 1. The summed E-state index contributed by atoms with van der Waals surface area (Å²) in [5, 5.41) is 11.1. The van der Waals surface area contributed by atoms with Crippen LogP contribution in [0.15, 0.2) is 59.4 Å². The molecule has 0 aliphatic heterocycles. The highest BCUT2D eigenvalue weighted by atomic mass is 19.1. The lowest BCUT2D eigenvalue weighted by molar-refractivity contribution is 0.102. The Morgan fingerprint density at radius 2 is 2.03 bits per heavy atom. The van der Waals surface area contributed by atoms with Crippen LogP contribution < -0.4 is 10.1 Å². The normalized spacial score (nSPS) is 17.2. The first-order chi connectivity index (χ1) is 15.5. The van der Waals surface area contributed by atoms with E-state index in [2.05, 4.69) is 20.6 Å². The number of halogens is 1. The molecule has 2 atom stereocenters. The van der Waals surface area contributed by atoms with E-state index >= 15 is 0 Å². The number of rotatable bonds is 6. The van der Waals surface area contributed by atoms with E-state index in [9.17, 15) is 9.18 Å². The molecule has 0 radical (unpaired) electrons. The van der Waals surface area contributed by atoms with E-state index < -0.39 is 6.17 Å². The molecular formula is C23H20FN5O3. The fraction of sp³-hybridized carbons (Fsp3) is 0.217. The molecule has 9 heteroatoms. The molecule has 1 N–H and O–H groups in total. The average Bonchev–Trinajstić information content (AvgIpc) is 3.21. The van der Waals surface area contributed by atoms with Gasteiger partial charge in [0.2, 0.25) is 11.7 Å². The maximum Gasteiger partial charge on any atom is 0.258 e. The largest absolute Gasteiger partial charge is 0.497 e. The highest BCUT2D eigenvalue weighted by Gasteiger charge is 2.43. The predicted octanol–water partition coefficient (Wildman–Crippen LogP) is 4.32. The van der Waals surface area contributed by atoms with Crippen LogP contribution in [0, 0.1) is 6.92 Å². The van der Waals surface area contributed by atoms with Gasteiger partial charge in [-0.05, 0) is 49.2 Å². The number of nitrogens with one attached hydrogen (secondary N) is 1. The number of carbonyl (C=O) groups excluding carboxylic acids is 1. The Labute approximate surface area is 183 Å². The molecule has 1 aliphatic carbocycles. The van der Waals surface area contributed by atoms with Gasteiger partial charge in [0.05, 0.1) is 30.5 Å². The van der Waals surface area contributed by atoms with Gasteiger partial charge in [-0.1, -0.05) is 17.3 Å². The number of amides is 1. The van der Waals surface area contributed by atoms with Crippen LogP contribution in [-0.2, 0) is 0 Å². The van der Waals surface area contributed by atoms with Crippen LogP contribution in [0.2, 0.25) is 0 Å². The first-order valence-corrected chi connectivity index (χ1v) is 10.1. The molecule has 5 rings (SSSR count). The van der Waals surface area contributed by atoms with Crippen molar-refractivity contribution in [2.45, 2.75) is 25.4 Å². The van der Waals surface area contributed by atoms with Gasteiger partial charge in [0.15, 0.2) is 0 Å². The highest BCUT2D eigenvalue weighted by Crippen LogP contribution is 2.43. The van der Waals surface area contributed by atoms with E-state index in [1.54, 1.807) is 24.1 Å². The first-order valence-electron chi connectivity index (χ1n) is 10.1. The molecular weight excluding hydrogens is 413 g/mol. The number of benzene rings is 2. The highest BCUT2D eigenvalue weighted by molar-refractivity contribution is 6.04. The van der Waals surface area contributed by atoms with E-state index in [0.29, 0.717) is 35.0 Å². The number of hydrogen-bond acceptors (Lipinski definition) is 6. The summed E-state index contributed by atoms with van der Waals surface area (Å²) in [4.78, 5) is 17.1. The monoisotopic (exact) mass is 433 g/mol. The number of carbonyl (C=O) groups is 1. The second-order valence-electron chi connectivity index (χ2n) is 7.67. The van der Waals surface area contributed by atoms with Gasteiger partial charge < -0.3 is 14.6 Å². The van der Waals surface area contributed by atoms with Gasteiger partial charge in [-0.15, -0.1) is 0 Å². The molecule has 0 spiro atoms. The fourth-order valence-corrected chi connectivity index (χ4v) is 3.33. The molecule has 0 saturated heterocycles. The van der Waals surface area contributed by atoms with Crippen molar-refractivity contribution in [3.63, 3.8) is 0 Å². The van der Waals surface area contributed by atoms with Crippen molar-refractivity contribution in [3.05, 3.63) is 71.9 Å². The van der Waals surface area contributed by atoms with Crippen LogP contribution >= 0.6 is 0 Å². The summed E-state index contributed by atoms with van der Waals surface area (Å²) in [6.07, 6.45) is 2.68. The van der Waals surface area contributed by atoms with Gasteiger partial charge in [0.25, 0.3) is 5.91 Å². The molecule has 2 aromatic heterocycles. The third-order valence-electron chi connectivity index (χ3n) is 5.40. The molecule has 4 aromatic rings. The van der Waals surface area contributed by atoms with E-state index in [-0.39, 0.29) is 11.8 Å². The Balaban J connectivity index is 1.33. The Hall–Kier alpha value is -4.01. The molecule has 162 valence electrons. The quantitative estimate of drug-likeness (QED) is 0.487. The zero-order valence-electron chi connectivity index (χ0n) is 17.4. The summed E-state index contributed by atoms with van der Waals surface area (Å²) in [5.74, 6) is 0.816. The summed E-state index contributed by atoms with van der Waals surface area (Å²) in [6, 6.07) is 12.8. The van der Waals surface area contributed by atoms with Crippen LogP contribution in [0.1, 0.15) is 34.2 Å². The number of hydrogen-bond donors (Lipinski definition) is 1. The lowest BCUT2D eigenvalue weighted by Crippen LogP contribution is -2.12. The lowest BCUT2D eigenvalue weighted by atomic mass is 10.1. The van der Waals surface area contributed by atoms with Gasteiger partial charge in [0.1, 0.15) is 11.9 Å². The van der Waals surface area contributed by atoms with E-state index in [4.69, 9.17) is 9.26 Å². The maximum absolute atomic E-state index is 13.3. The van der Waals surface area contributed by atoms with Crippen LogP contribution in [0.3, 0.4) is 0 Å². The first kappa shape index (κ1) is 19.9. The minimum Gasteiger partial charge on any atom is -0.497 e. The smallest absolute Gasteiger partial charge is 0.258 e. The van der Waals surface area contributed by atoms with Crippen LogP contribution in [0.4, 0.5) is 10.1 Å². The number of anilines is 1. The van der Waals surface area contributed by atoms with Crippen LogP contribution in [-0.4, -0.2) is 39.1 Å². The number of aromatic nitrogens is 4. The topological polar surface area (TPSA) is 95.1 Å². The standard InChI is InChI=1S/C23H20FN5O3/c1-13-3-4-14(21-27-23(32-28-21)18-10-19(18)24)9-20(13)26-22(30)15-11-25-29(12-15)16-5-7-17(31-2)8-6-16/h3-9,11-12,18-19H,10H2,1-2H3,(H,26,30)/t18-,19-/m0/s1. The molecule has 0 bridgehead atoms. The molecule has 2 heterocycles. The van der Waals surface area contributed by atoms with E-state index in [1.165, 1.54) is 6.20 Å². The third kappa shape index (κ3) is 3.84. The van der Waals surface area contributed by atoms with Gasteiger partial charge in [-0.25, -0.2) is 9.07 Å². The van der Waals surface area contributed by atoms with Crippen molar-refractivity contribution < 1.29 is 18.4 Å². The minimum absolute atomic E-state index is 0.294. The second kappa shape index (κ2) is 7.92. The number of alkyl halides is 1. The van der Waals surface area contributed by atoms with Gasteiger partial charge in [-0.3, -0.25) is 4.79 Å². The number of methoxy groups -OCH3 is 1. The Morgan fingerprint density at radius 1 is 1.25 bits per heavy atom. The minimum atomic E-state index is -0.907. The van der Waals surface area contributed by atoms with E-state index in [0.717, 1.165) is 17.0 Å². The molecule has 1 fully saturated rings. The summed E-state index contributed by atoms with van der Waals surface area (Å²) < 4.78 is 25.2. The summed E-state index contributed by atoms with van der Waals surface area (Å²) in [6.45, 7) is 1.89. The Kier molecular flexibility index (Phi) is 4.93. The predicted molar refractivity (Wildman–Crippen MR) is 115 cm³/mol. The zero-order valence-corrected chi connectivity index (χ0v) is 17.4. The van der Waals surface area contributed by atoms with Crippen LogP contribution in [0.25, 0.3) is 17.1 Å². The molecule has 32 heavy (non-hydrogen) atoms. The fourth-order valence-electron chi connectivity index (χ4n) is 3.33. The molecule has 2 aromatic carbocycles.